The van der Waals surface area contributed by atoms with E-state index in [0.717, 1.165) is 43.7 Å². The maximum atomic E-state index is 14.5. The lowest BCUT2D eigenvalue weighted by molar-refractivity contribution is 0.101. The van der Waals surface area contributed by atoms with Gasteiger partial charge in [-0.15, -0.1) is 0 Å². The normalized spacial score (nSPS) is 21.6. The number of benzene rings is 2. The van der Waals surface area contributed by atoms with E-state index in [1.54, 1.807) is 23.9 Å². The van der Waals surface area contributed by atoms with Gasteiger partial charge in [-0.1, -0.05) is 37.3 Å². The van der Waals surface area contributed by atoms with E-state index >= 15 is 0 Å². The minimum absolute atomic E-state index is 0.0161. The summed E-state index contributed by atoms with van der Waals surface area (Å²) < 4.78 is 38.1. The molecule has 2 aromatic carbocycles. The van der Waals surface area contributed by atoms with E-state index in [2.05, 4.69) is 29.1 Å². The number of nitrogens with zero attached hydrogens (tertiary/aromatic N) is 3. The van der Waals surface area contributed by atoms with E-state index in [1.807, 2.05) is 18.2 Å². The van der Waals surface area contributed by atoms with Gasteiger partial charge < -0.3 is 9.88 Å². The van der Waals surface area contributed by atoms with Crippen molar-refractivity contribution in [2.24, 2.45) is 17.3 Å². The molecule has 1 aromatic heterocycles. The number of rotatable bonds is 7. The number of aryl methyl sites for hydroxylation is 2. The molecule has 9 heteroatoms. The summed E-state index contributed by atoms with van der Waals surface area (Å²) >= 11 is 0. The van der Waals surface area contributed by atoms with Crippen molar-refractivity contribution in [3.63, 3.8) is 0 Å². The third-order valence-electron chi connectivity index (χ3n) is 7.38. The largest absolute Gasteiger partial charge is 0.345 e. The maximum Gasteiger partial charge on any atom is 0.272 e. The Hall–Kier alpha value is -3.48. The van der Waals surface area contributed by atoms with Crippen molar-refractivity contribution in [2.45, 2.75) is 62.4 Å². The van der Waals surface area contributed by atoms with Crippen LogP contribution >= 0.6 is 0 Å². The molecule has 1 fully saturated rings. The number of hydrogen-bond donors (Lipinski definition) is 2. The summed E-state index contributed by atoms with van der Waals surface area (Å²) in [5, 5.41) is 11.9. The minimum atomic E-state index is -2.94. The van der Waals surface area contributed by atoms with Crippen LogP contribution in [0.2, 0.25) is 0 Å². The van der Waals surface area contributed by atoms with Gasteiger partial charge in [0.25, 0.3) is 5.91 Å². The molecule has 7 nitrogen and oxygen atoms in total. The molecule has 1 amide bonds. The quantitative estimate of drug-likeness (QED) is 0.427. The maximum absolute atomic E-state index is 14.5. The Kier molecular flexibility index (Phi) is 7.37. The molecule has 1 aliphatic carbocycles. The number of nitriles is 1. The monoisotopic (exact) mass is 533 g/mol. The number of aromatic nitrogens is 1. The number of halogens is 1. The lowest BCUT2D eigenvalue weighted by atomic mass is 9.91. The Morgan fingerprint density at radius 3 is 2.74 bits per heavy atom. The fourth-order valence-electron chi connectivity index (χ4n) is 5.05. The van der Waals surface area contributed by atoms with Gasteiger partial charge in [0.15, 0.2) is 0 Å². The summed E-state index contributed by atoms with van der Waals surface area (Å²) in [4.78, 5) is 14.0. The summed E-state index contributed by atoms with van der Waals surface area (Å²) in [7, 11) is -1.19. The second-order valence-electron chi connectivity index (χ2n) is 10.3. The van der Waals surface area contributed by atoms with E-state index in [9.17, 15) is 13.4 Å². The van der Waals surface area contributed by atoms with Crippen LogP contribution in [0.3, 0.4) is 0 Å². The van der Waals surface area contributed by atoms with Gasteiger partial charge in [-0.3, -0.25) is 4.79 Å². The zero-order valence-corrected chi connectivity index (χ0v) is 22.4. The van der Waals surface area contributed by atoms with Crippen LogP contribution in [0.1, 0.15) is 59.8 Å². The van der Waals surface area contributed by atoms with E-state index in [0.29, 0.717) is 22.7 Å². The molecule has 0 bridgehead atoms. The molecule has 38 heavy (non-hydrogen) atoms. The minimum Gasteiger partial charge on any atom is -0.345 e. The Labute approximate surface area is 223 Å². The van der Waals surface area contributed by atoms with Crippen molar-refractivity contribution in [3.8, 4) is 6.07 Å². The molecule has 1 aliphatic heterocycles. The fourth-order valence-corrected chi connectivity index (χ4v) is 7.58. The summed E-state index contributed by atoms with van der Waals surface area (Å²) in [6.45, 7) is 2.18. The fraction of sp³-hybridized carbons (Fsp3) is 0.379. The van der Waals surface area contributed by atoms with Gasteiger partial charge in [0.2, 0.25) is 0 Å². The Morgan fingerprint density at radius 1 is 1.26 bits per heavy atom. The number of amides is 1. The standard InChI is InChI=1S/C29H32FN5O2S/c1-19(8-9-20-6-4-3-5-7-20)26-15-13-24-27(38(37,34-26)33-22-10-11-22)18-35(2)28(24)29(36)32-23-12-14-25(30)21(16-23)17-31/h3-7,12,14,16,18-19,22,26H,8-11,13,15H2,1-2H3,(H,32,36)(H,33,34,37). The SMILES string of the molecule is CC(CCc1ccccc1)C1CCc2c(cn(C)c2C(=O)Nc2ccc(F)c(C#N)c2)S(=O)(=NC2CC2)N1. The molecule has 3 unspecified atom stereocenters. The van der Waals surface area contributed by atoms with E-state index in [-0.39, 0.29) is 23.6 Å². The number of hydrogen-bond acceptors (Lipinski definition) is 4. The molecule has 0 saturated heterocycles. The summed E-state index contributed by atoms with van der Waals surface area (Å²) in [5.41, 5.74) is 2.59. The molecule has 1 saturated carbocycles. The van der Waals surface area contributed by atoms with E-state index in [4.69, 9.17) is 9.62 Å². The van der Waals surface area contributed by atoms with Crippen LogP contribution in [-0.4, -0.2) is 26.8 Å². The summed E-state index contributed by atoms with van der Waals surface area (Å²) in [5.74, 6) is -0.782. The van der Waals surface area contributed by atoms with Gasteiger partial charge in [0.05, 0.1) is 16.5 Å². The first-order chi connectivity index (χ1) is 18.3. The molecule has 3 atom stereocenters. The molecule has 3 aromatic rings. The lowest BCUT2D eigenvalue weighted by Gasteiger charge is -2.25. The van der Waals surface area contributed by atoms with Crippen molar-refractivity contribution < 1.29 is 13.4 Å². The highest BCUT2D eigenvalue weighted by atomic mass is 32.2. The Morgan fingerprint density at radius 2 is 2.03 bits per heavy atom. The molecular formula is C29H32FN5O2S. The number of fused-ring (bicyclic) bond motifs is 1. The van der Waals surface area contributed by atoms with Gasteiger partial charge in [-0.25, -0.2) is 17.7 Å². The average Bonchev–Trinajstić information content (AvgIpc) is 3.67. The first-order valence-electron chi connectivity index (χ1n) is 13.0. The molecule has 2 N–H and O–H groups in total. The molecule has 0 radical (unpaired) electrons. The second-order valence-corrected chi connectivity index (χ2v) is 12.3. The Bertz CT molecular complexity index is 1510. The second kappa shape index (κ2) is 10.7. The molecular weight excluding hydrogens is 501 g/mol. The first kappa shape index (κ1) is 26.1. The predicted octanol–water partition coefficient (Wildman–Crippen LogP) is 5.37. The van der Waals surface area contributed by atoms with Gasteiger partial charge >= 0.3 is 0 Å². The van der Waals surface area contributed by atoms with E-state index < -0.39 is 21.6 Å². The predicted molar refractivity (Wildman–Crippen MR) is 146 cm³/mol. The summed E-state index contributed by atoms with van der Waals surface area (Å²) in [6.07, 6.45) is 6.79. The number of nitrogens with one attached hydrogen (secondary N) is 2. The van der Waals surface area contributed by atoms with Crippen molar-refractivity contribution in [1.82, 2.24) is 9.29 Å². The van der Waals surface area contributed by atoms with Crippen molar-refractivity contribution in [1.29, 1.82) is 5.26 Å². The average molecular weight is 534 g/mol. The first-order valence-corrected chi connectivity index (χ1v) is 14.6. The summed E-state index contributed by atoms with van der Waals surface area (Å²) in [6, 6.07) is 16.1. The third-order valence-corrected chi connectivity index (χ3v) is 9.55. The van der Waals surface area contributed by atoms with E-state index in [1.165, 1.54) is 17.7 Å². The van der Waals surface area contributed by atoms with Crippen LogP contribution in [0, 0.1) is 23.1 Å². The Balaban J connectivity index is 1.43. The zero-order valence-electron chi connectivity index (χ0n) is 21.6. The van der Waals surface area contributed by atoms with Gasteiger partial charge in [0.1, 0.15) is 27.5 Å². The molecule has 5 rings (SSSR count). The van der Waals surface area contributed by atoms with Crippen LogP contribution in [0.25, 0.3) is 0 Å². The van der Waals surface area contributed by atoms with Gasteiger partial charge in [-0.05, 0) is 68.2 Å². The van der Waals surface area contributed by atoms with Crippen LogP contribution in [0.5, 0.6) is 0 Å². The van der Waals surface area contributed by atoms with Crippen molar-refractivity contribution in [2.75, 3.05) is 5.32 Å². The van der Waals surface area contributed by atoms with Crippen LogP contribution in [0.4, 0.5) is 10.1 Å². The highest BCUT2D eigenvalue weighted by molar-refractivity contribution is 7.91. The molecule has 2 aliphatic rings. The van der Waals surface area contributed by atoms with Gasteiger partial charge in [-0.2, -0.15) is 5.26 Å². The lowest BCUT2D eigenvalue weighted by Crippen LogP contribution is -2.38. The molecule has 198 valence electrons. The van der Waals surface area contributed by atoms with Crippen LogP contribution < -0.4 is 10.0 Å². The van der Waals surface area contributed by atoms with Crippen molar-refractivity contribution in [3.05, 3.63) is 82.9 Å². The highest BCUT2D eigenvalue weighted by Gasteiger charge is 2.35. The number of carbonyl (C=O) groups is 1. The van der Waals surface area contributed by atoms with Crippen LogP contribution in [-0.2, 0) is 29.8 Å². The zero-order chi connectivity index (χ0) is 26.9. The number of anilines is 1. The highest BCUT2D eigenvalue weighted by Crippen LogP contribution is 2.34. The van der Waals surface area contributed by atoms with Crippen molar-refractivity contribution >= 4 is 21.5 Å². The van der Waals surface area contributed by atoms with Gasteiger partial charge in [0, 0.05) is 30.5 Å². The third kappa shape index (κ3) is 5.52. The molecule has 2 heterocycles. The topological polar surface area (TPSA) is 99.3 Å². The smallest absolute Gasteiger partial charge is 0.272 e. The molecule has 0 spiro atoms. The number of carbonyl (C=O) groups excluding carboxylic acids is 1. The van der Waals surface area contributed by atoms with Crippen LogP contribution in [0.15, 0.2) is 64.0 Å².